The molecule has 2 aromatic heterocycles. The summed E-state index contributed by atoms with van der Waals surface area (Å²) >= 11 is 0. The van der Waals surface area contributed by atoms with Crippen LogP contribution in [0.5, 0.6) is 0 Å². The van der Waals surface area contributed by atoms with Crippen LogP contribution in [0.15, 0.2) is 36.5 Å². The van der Waals surface area contributed by atoms with Crippen molar-refractivity contribution in [2.24, 2.45) is 0 Å². The molecule has 0 unspecified atom stereocenters. The van der Waals surface area contributed by atoms with Crippen molar-refractivity contribution in [3.63, 3.8) is 0 Å². The zero-order valence-corrected chi connectivity index (χ0v) is 11.9. The van der Waals surface area contributed by atoms with E-state index in [0.717, 1.165) is 24.0 Å². The summed E-state index contributed by atoms with van der Waals surface area (Å²) in [4.78, 5) is 13.5. The number of nitrogens with two attached hydrogens (primary N) is 2. The summed E-state index contributed by atoms with van der Waals surface area (Å²) in [7, 11) is 2.07. The Bertz CT molecular complexity index is 749. The second-order valence-electron chi connectivity index (χ2n) is 5.16. The van der Waals surface area contributed by atoms with Gasteiger partial charge in [-0.25, -0.2) is 0 Å². The fourth-order valence-corrected chi connectivity index (χ4v) is 2.51. The molecule has 0 saturated heterocycles. The van der Waals surface area contributed by atoms with Crippen LogP contribution in [0, 0.1) is 0 Å². The Kier molecular flexibility index (Phi) is 3.45. The fraction of sp³-hybridized carbons (Fsp3) is 0.200. The van der Waals surface area contributed by atoms with Crippen molar-refractivity contribution in [3.05, 3.63) is 47.7 Å². The van der Waals surface area contributed by atoms with Crippen molar-refractivity contribution < 1.29 is 0 Å². The van der Waals surface area contributed by atoms with Gasteiger partial charge in [-0.05, 0) is 18.2 Å². The number of aromatic nitrogens is 3. The van der Waals surface area contributed by atoms with Crippen molar-refractivity contribution in [3.8, 4) is 0 Å². The molecular weight excluding hydrogens is 264 g/mol. The molecule has 0 atom stereocenters. The highest BCUT2D eigenvalue weighted by Crippen LogP contribution is 2.23. The number of nitrogen functional groups attached to an aromatic ring is 2. The van der Waals surface area contributed by atoms with E-state index < -0.39 is 0 Å². The molecule has 108 valence electrons. The Morgan fingerprint density at radius 2 is 1.86 bits per heavy atom. The summed E-state index contributed by atoms with van der Waals surface area (Å²) < 4.78 is 0. The van der Waals surface area contributed by atoms with E-state index in [1.54, 1.807) is 0 Å². The summed E-state index contributed by atoms with van der Waals surface area (Å²) in [6.07, 6.45) is 1.91. The highest BCUT2D eigenvalue weighted by Gasteiger charge is 2.12. The van der Waals surface area contributed by atoms with E-state index in [0.29, 0.717) is 11.5 Å². The number of nitrogens with zero attached hydrogens (tertiary/aromatic N) is 3. The van der Waals surface area contributed by atoms with Gasteiger partial charge < -0.3 is 16.5 Å². The third-order valence-corrected chi connectivity index (χ3v) is 3.39. The van der Waals surface area contributed by atoms with Gasteiger partial charge in [0.25, 0.3) is 0 Å². The Hall–Kier alpha value is -2.60. The molecule has 0 saturated carbocycles. The first-order valence-corrected chi connectivity index (χ1v) is 6.75. The van der Waals surface area contributed by atoms with E-state index in [9.17, 15) is 0 Å². The number of benzene rings is 1. The average Bonchev–Trinajstić information content (AvgIpc) is 2.82. The molecule has 3 rings (SSSR count). The first-order valence-electron chi connectivity index (χ1n) is 6.75. The summed E-state index contributed by atoms with van der Waals surface area (Å²) in [5.41, 5.74) is 14.6. The summed E-state index contributed by atoms with van der Waals surface area (Å²) in [5, 5.41) is 0.851. The SMILES string of the molecule is CN(Cc1ccccc1)Cc1c[nH]c2nc(N)nc(N)c12. The Morgan fingerprint density at radius 1 is 1.10 bits per heavy atom. The first kappa shape index (κ1) is 13.4. The zero-order valence-electron chi connectivity index (χ0n) is 11.9. The minimum Gasteiger partial charge on any atom is -0.383 e. The number of hydrogen-bond donors (Lipinski definition) is 3. The molecular formula is C15H18N6. The number of fused-ring (bicyclic) bond motifs is 1. The maximum absolute atomic E-state index is 5.96. The normalized spacial score (nSPS) is 11.3. The maximum Gasteiger partial charge on any atom is 0.223 e. The third kappa shape index (κ3) is 2.80. The van der Waals surface area contributed by atoms with Gasteiger partial charge in [-0.2, -0.15) is 9.97 Å². The molecule has 0 bridgehead atoms. The zero-order chi connectivity index (χ0) is 14.8. The van der Waals surface area contributed by atoms with Crippen LogP contribution in [0.4, 0.5) is 11.8 Å². The fourth-order valence-electron chi connectivity index (χ4n) is 2.51. The summed E-state index contributed by atoms with van der Waals surface area (Å²) in [6.45, 7) is 1.62. The Morgan fingerprint density at radius 3 is 2.62 bits per heavy atom. The largest absolute Gasteiger partial charge is 0.383 e. The van der Waals surface area contributed by atoms with Crippen LogP contribution in [0.2, 0.25) is 0 Å². The highest BCUT2D eigenvalue weighted by atomic mass is 15.1. The molecule has 0 amide bonds. The van der Waals surface area contributed by atoms with Crippen molar-refractivity contribution in [1.29, 1.82) is 0 Å². The van der Waals surface area contributed by atoms with Crippen LogP contribution < -0.4 is 11.5 Å². The molecule has 21 heavy (non-hydrogen) atoms. The molecule has 0 aliphatic heterocycles. The quantitative estimate of drug-likeness (QED) is 0.677. The van der Waals surface area contributed by atoms with Crippen LogP contribution in [0.1, 0.15) is 11.1 Å². The van der Waals surface area contributed by atoms with Gasteiger partial charge in [0.15, 0.2) is 0 Å². The molecule has 2 heterocycles. The van der Waals surface area contributed by atoms with Gasteiger partial charge in [0, 0.05) is 19.3 Å². The van der Waals surface area contributed by atoms with E-state index in [1.165, 1.54) is 5.56 Å². The van der Waals surface area contributed by atoms with Crippen LogP contribution in [-0.2, 0) is 13.1 Å². The van der Waals surface area contributed by atoms with Gasteiger partial charge in [-0.15, -0.1) is 0 Å². The van der Waals surface area contributed by atoms with Gasteiger partial charge in [-0.1, -0.05) is 30.3 Å². The van der Waals surface area contributed by atoms with E-state index in [1.807, 2.05) is 24.4 Å². The second-order valence-corrected chi connectivity index (χ2v) is 5.16. The minimum absolute atomic E-state index is 0.186. The lowest BCUT2D eigenvalue weighted by molar-refractivity contribution is 0.320. The molecule has 0 aliphatic rings. The van der Waals surface area contributed by atoms with E-state index in [4.69, 9.17) is 11.5 Å². The smallest absolute Gasteiger partial charge is 0.223 e. The minimum atomic E-state index is 0.186. The molecule has 0 aliphatic carbocycles. The molecule has 0 fully saturated rings. The van der Waals surface area contributed by atoms with Gasteiger partial charge in [-0.3, -0.25) is 4.90 Å². The molecule has 6 nitrogen and oxygen atoms in total. The third-order valence-electron chi connectivity index (χ3n) is 3.39. The first-order chi connectivity index (χ1) is 10.1. The molecule has 0 spiro atoms. The van der Waals surface area contributed by atoms with Gasteiger partial charge in [0.1, 0.15) is 11.5 Å². The standard InChI is InChI=1S/C15H18N6/c1-21(8-10-5-3-2-4-6-10)9-11-7-18-14-12(11)13(16)19-15(17)20-14/h2-7H,8-9H2,1H3,(H5,16,17,18,19,20). The number of nitrogens with one attached hydrogen (secondary N) is 1. The Balaban J connectivity index is 1.82. The monoisotopic (exact) mass is 282 g/mol. The van der Waals surface area contributed by atoms with Crippen molar-refractivity contribution in [1.82, 2.24) is 19.9 Å². The lowest BCUT2D eigenvalue weighted by Gasteiger charge is -2.16. The molecule has 3 aromatic rings. The molecule has 5 N–H and O–H groups in total. The highest BCUT2D eigenvalue weighted by molar-refractivity contribution is 5.90. The predicted octanol–water partition coefficient (Wildman–Crippen LogP) is 1.75. The molecule has 0 radical (unpaired) electrons. The van der Waals surface area contributed by atoms with Crippen LogP contribution in [0.25, 0.3) is 11.0 Å². The van der Waals surface area contributed by atoms with Gasteiger partial charge in [0.2, 0.25) is 5.95 Å². The number of anilines is 2. The number of rotatable bonds is 4. The number of H-pyrrole nitrogens is 1. The van der Waals surface area contributed by atoms with Gasteiger partial charge >= 0.3 is 0 Å². The molecule has 1 aromatic carbocycles. The lowest BCUT2D eigenvalue weighted by atomic mass is 10.2. The summed E-state index contributed by atoms with van der Waals surface area (Å²) in [6, 6.07) is 10.3. The van der Waals surface area contributed by atoms with Crippen molar-refractivity contribution >= 4 is 22.8 Å². The maximum atomic E-state index is 5.96. The van der Waals surface area contributed by atoms with Crippen molar-refractivity contribution in [2.75, 3.05) is 18.5 Å². The Labute approximate surface area is 122 Å². The second kappa shape index (κ2) is 5.41. The van der Waals surface area contributed by atoms with E-state index in [-0.39, 0.29) is 5.95 Å². The van der Waals surface area contributed by atoms with Crippen molar-refractivity contribution in [2.45, 2.75) is 13.1 Å². The number of aromatic amines is 1. The van der Waals surface area contributed by atoms with Gasteiger partial charge in [0.05, 0.1) is 5.39 Å². The molecule has 6 heteroatoms. The topological polar surface area (TPSA) is 96.8 Å². The van der Waals surface area contributed by atoms with Crippen LogP contribution in [0.3, 0.4) is 0 Å². The number of hydrogen-bond acceptors (Lipinski definition) is 5. The van der Waals surface area contributed by atoms with Crippen LogP contribution in [-0.4, -0.2) is 26.9 Å². The van der Waals surface area contributed by atoms with E-state index in [2.05, 4.69) is 39.0 Å². The summed E-state index contributed by atoms with van der Waals surface area (Å²) in [5.74, 6) is 0.605. The van der Waals surface area contributed by atoms with Crippen LogP contribution >= 0.6 is 0 Å². The van der Waals surface area contributed by atoms with E-state index >= 15 is 0 Å². The average molecular weight is 282 g/mol. The predicted molar refractivity (Wildman–Crippen MR) is 84.3 cm³/mol. The lowest BCUT2D eigenvalue weighted by Crippen LogP contribution is -2.17.